The van der Waals surface area contributed by atoms with Gasteiger partial charge in [0.1, 0.15) is 10.8 Å². The van der Waals surface area contributed by atoms with Crippen LogP contribution >= 0.6 is 34.8 Å². The lowest BCUT2D eigenvalue weighted by Gasteiger charge is -2.21. The van der Waals surface area contributed by atoms with Gasteiger partial charge in [0.05, 0.1) is 17.3 Å². The van der Waals surface area contributed by atoms with Gasteiger partial charge < -0.3 is 14.2 Å². The fourth-order valence-electron chi connectivity index (χ4n) is 3.50. The highest BCUT2D eigenvalue weighted by Crippen LogP contribution is 2.31. The van der Waals surface area contributed by atoms with Crippen molar-refractivity contribution >= 4 is 40.5 Å². The first-order valence-electron chi connectivity index (χ1n) is 9.71. The molecule has 0 spiro atoms. The molecule has 2 aromatic rings. The van der Waals surface area contributed by atoms with Crippen LogP contribution in [0.1, 0.15) is 32.6 Å². The normalized spacial score (nSPS) is 16.6. The molecule has 1 aromatic heterocycles. The lowest BCUT2D eigenvalue weighted by molar-refractivity contribution is 0.284. The molecule has 1 atom stereocenters. The highest BCUT2D eigenvalue weighted by Gasteiger charge is 2.25. The van der Waals surface area contributed by atoms with Crippen molar-refractivity contribution in [2.75, 3.05) is 24.6 Å². The number of hydrogen-bond donors (Lipinski definition) is 0. The summed E-state index contributed by atoms with van der Waals surface area (Å²) in [5.74, 6) is 1.10. The number of rotatable bonds is 8. The van der Waals surface area contributed by atoms with E-state index in [2.05, 4.69) is 11.8 Å². The zero-order valence-corrected chi connectivity index (χ0v) is 18.2. The standard InChI is InChI=1S/C21H25Cl3N2O2/c1-2-3-9-25-11-7-18(20(24)21(25)27)26-10-6-15(14-26)8-12-28-19-13-16(22)4-5-17(19)23/h4-5,7,11,13,15H,2-3,6,8-10,12,14H2,1H3/t15-/m0/s1. The van der Waals surface area contributed by atoms with Gasteiger partial charge in [0.25, 0.3) is 5.56 Å². The van der Waals surface area contributed by atoms with E-state index < -0.39 is 0 Å². The predicted molar refractivity (Wildman–Crippen MR) is 118 cm³/mol. The number of benzene rings is 1. The molecule has 1 aliphatic rings. The second-order valence-electron chi connectivity index (χ2n) is 7.18. The van der Waals surface area contributed by atoms with Gasteiger partial charge in [-0.05, 0) is 43.4 Å². The summed E-state index contributed by atoms with van der Waals surface area (Å²) in [5.41, 5.74) is 0.732. The van der Waals surface area contributed by atoms with Crippen LogP contribution in [-0.2, 0) is 6.54 Å². The van der Waals surface area contributed by atoms with E-state index in [0.29, 0.717) is 39.9 Å². The van der Waals surface area contributed by atoms with Gasteiger partial charge in [-0.25, -0.2) is 0 Å². The van der Waals surface area contributed by atoms with Gasteiger partial charge in [-0.1, -0.05) is 48.1 Å². The van der Waals surface area contributed by atoms with Crippen LogP contribution in [0.3, 0.4) is 0 Å². The second-order valence-corrected chi connectivity index (χ2v) is 8.40. The molecule has 0 N–H and O–H groups in total. The number of anilines is 1. The molecule has 28 heavy (non-hydrogen) atoms. The van der Waals surface area contributed by atoms with Gasteiger partial charge in [-0.3, -0.25) is 4.79 Å². The number of unbranched alkanes of at least 4 members (excludes halogenated alkanes) is 1. The third-order valence-corrected chi connectivity index (χ3v) is 6.04. The van der Waals surface area contributed by atoms with Crippen molar-refractivity contribution in [3.63, 3.8) is 0 Å². The van der Waals surface area contributed by atoms with Gasteiger partial charge in [-0.2, -0.15) is 0 Å². The third kappa shape index (κ3) is 5.16. The Morgan fingerprint density at radius 1 is 1.21 bits per heavy atom. The molecule has 2 heterocycles. The zero-order valence-electron chi connectivity index (χ0n) is 16.0. The molecule has 1 fully saturated rings. The molecule has 7 heteroatoms. The molecule has 0 unspecified atom stereocenters. The Balaban J connectivity index is 1.56. The lowest BCUT2D eigenvalue weighted by Crippen LogP contribution is -2.26. The SMILES string of the molecule is CCCCn1ccc(N2CC[C@@H](CCOc3cc(Cl)ccc3Cl)C2)c(Cl)c1=O. The number of pyridine rings is 1. The van der Waals surface area contributed by atoms with Crippen LogP contribution in [0, 0.1) is 5.92 Å². The molecule has 0 radical (unpaired) electrons. The number of ether oxygens (including phenoxy) is 1. The molecule has 0 saturated carbocycles. The van der Waals surface area contributed by atoms with Gasteiger partial charge >= 0.3 is 0 Å². The average Bonchev–Trinajstić information content (AvgIpc) is 3.14. The number of aryl methyl sites for hydroxylation is 1. The minimum atomic E-state index is -0.102. The Bertz CT molecular complexity index is 869. The Kier molecular flexibility index (Phi) is 7.55. The largest absolute Gasteiger partial charge is 0.492 e. The average molecular weight is 444 g/mol. The van der Waals surface area contributed by atoms with E-state index >= 15 is 0 Å². The van der Waals surface area contributed by atoms with E-state index in [-0.39, 0.29) is 5.56 Å². The number of hydrogen-bond acceptors (Lipinski definition) is 3. The fraction of sp³-hybridized carbons (Fsp3) is 0.476. The van der Waals surface area contributed by atoms with Crippen molar-refractivity contribution < 1.29 is 4.74 Å². The van der Waals surface area contributed by atoms with E-state index in [0.717, 1.165) is 44.5 Å². The van der Waals surface area contributed by atoms with Crippen LogP contribution in [0.2, 0.25) is 15.1 Å². The number of aromatic nitrogens is 1. The predicted octanol–water partition coefficient (Wildman–Crippen LogP) is 5.90. The maximum Gasteiger partial charge on any atom is 0.271 e. The molecule has 1 aliphatic heterocycles. The van der Waals surface area contributed by atoms with Crippen LogP contribution < -0.4 is 15.2 Å². The zero-order chi connectivity index (χ0) is 20.1. The molecular formula is C21H25Cl3N2O2. The van der Waals surface area contributed by atoms with Crippen molar-refractivity contribution in [2.24, 2.45) is 5.92 Å². The molecule has 152 valence electrons. The van der Waals surface area contributed by atoms with Crippen LogP contribution in [0.5, 0.6) is 5.75 Å². The lowest BCUT2D eigenvalue weighted by atomic mass is 10.1. The molecular weight excluding hydrogens is 419 g/mol. The van der Waals surface area contributed by atoms with Gasteiger partial charge in [0, 0.05) is 36.9 Å². The van der Waals surface area contributed by atoms with Crippen molar-refractivity contribution in [3.8, 4) is 5.75 Å². The summed E-state index contributed by atoms with van der Waals surface area (Å²) in [4.78, 5) is 14.7. The molecule has 1 aromatic carbocycles. The first kappa shape index (κ1) is 21.4. The summed E-state index contributed by atoms with van der Waals surface area (Å²) >= 11 is 18.5. The summed E-state index contributed by atoms with van der Waals surface area (Å²) in [5, 5.41) is 1.49. The summed E-state index contributed by atoms with van der Waals surface area (Å²) in [6, 6.07) is 7.18. The highest BCUT2D eigenvalue weighted by atomic mass is 35.5. The Labute approximate surface area is 181 Å². The second kappa shape index (κ2) is 9.91. The molecule has 0 aliphatic carbocycles. The fourth-order valence-corrected chi connectivity index (χ4v) is 4.12. The van der Waals surface area contributed by atoms with Crippen LogP contribution in [0.25, 0.3) is 0 Å². The van der Waals surface area contributed by atoms with Gasteiger partial charge in [0.2, 0.25) is 0 Å². The van der Waals surface area contributed by atoms with E-state index in [1.165, 1.54) is 0 Å². The number of halogens is 3. The molecule has 0 bridgehead atoms. The molecule has 3 rings (SSSR count). The van der Waals surface area contributed by atoms with Crippen molar-refractivity contribution in [3.05, 3.63) is 55.9 Å². The Morgan fingerprint density at radius 3 is 2.82 bits per heavy atom. The minimum Gasteiger partial charge on any atom is -0.492 e. The van der Waals surface area contributed by atoms with Crippen LogP contribution in [0.15, 0.2) is 35.3 Å². The Morgan fingerprint density at radius 2 is 2.04 bits per heavy atom. The van der Waals surface area contributed by atoms with Crippen LogP contribution in [0.4, 0.5) is 5.69 Å². The maximum absolute atomic E-state index is 12.5. The van der Waals surface area contributed by atoms with E-state index in [1.807, 2.05) is 12.3 Å². The summed E-state index contributed by atoms with van der Waals surface area (Å²) < 4.78 is 7.50. The van der Waals surface area contributed by atoms with E-state index in [1.54, 1.807) is 22.8 Å². The molecule has 4 nitrogen and oxygen atoms in total. The monoisotopic (exact) mass is 442 g/mol. The maximum atomic E-state index is 12.5. The van der Waals surface area contributed by atoms with Crippen LogP contribution in [-0.4, -0.2) is 24.3 Å². The van der Waals surface area contributed by atoms with Gasteiger partial charge in [0.15, 0.2) is 0 Å². The van der Waals surface area contributed by atoms with E-state index in [4.69, 9.17) is 39.5 Å². The van der Waals surface area contributed by atoms with Crippen molar-refractivity contribution in [1.29, 1.82) is 0 Å². The first-order valence-corrected chi connectivity index (χ1v) is 10.8. The molecule has 0 amide bonds. The summed E-state index contributed by atoms with van der Waals surface area (Å²) in [6.07, 6.45) is 5.82. The molecule has 1 saturated heterocycles. The third-order valence-electron chi connectivity index (χ3n) is 5.14. The summed E-state index contributed by atoms with van der Waals surface area (Å²) in [6.45, 7) is 5.15. The first-order chi connectivity index (χ1) is 13.5. The van der Waals surface area contributed by atoms with E-state index in [9.17, 15) is 4.79 Å². The minimum absolute atomic E-state index is 0.102. The topological polar surface area (TPSA) is 34.5 Å². The van der Waals surface area contributed by atoms with Crippen molar-refractivity contribution in [1.82, 2.24) is 4.57 Å². The quantitative estimate of drug-likeness (QED) is 0.509. The summed E-state index contributed by atoms with van der Waals surface area (Å²) in [7, 11) is 0. The van der Waals surface area contributed by atoms with Gasteiger partial charge in [-0.15, -0.1) is 0 Å². The number of nitrogens with zero attached hydrogens (tertiary/aromatic N) is 2. The highest BCUT2D eigenvalue weighted by molar-refractivity contribution is 6.34. The smallest absolute Gasteiger partial charge is 0.271 e. The van der Waals surface area contributed by atoms with Crippen molar-refractivity contribution in [2.45, 2.75) is 39.2 Å². The Hall–Kier alpha value is -1.36.